The summed E-state index contributed by atoms with van der Waals surface area (Å²) in [6.45, 7) is 7.92. The number of likely N-dealkylation sites (N-methyl/N-ethyl adjacent to an activating group) is 1. The summed E-state index contributed by atoms with van der Waals surface area (Å²) in [5.74, 6) is 0. The van der Waals surface area contributed by atoms with Gasteiger partial charge in [0.2, 0.25) is 0 Å². The molecule has 0 aliphatic rings. The van der Waals surface area contributed by atoms with E-state index in [9.17, 15) is 0 Å². The highest BCUT2D eigenvalue weighted by atomic mass is 15.0. The summed E-state index contributed by atoms with van der Waals surface area (Å²) in [6, 6.07) is 6.90. The first-order valence-electron chi connectivity index (χ1n) is 7.02. The van der Waals surface area contributed by atoms with Crippen molar-refractivity contribution in [1.82, 2.24) is 9.47 Å². The summed E-state index contributed by atoms with van der Waals surface area (Å²) < 4.78 is 2.24. The van der Waals surface area contributed by atoms with Crippen LogP contribution < -0.4 is 0 Å². The fourth-order valence-corrected chi connectivity index (χ4v) is 2.48. The van der Waals surface area contributed by atoms with Crippen LogP contribution >= 0.6 is 0 Å². The van der Waals surface area contributed by atoms with Gasteiger partial charge >= 0.3 is 0 Å². The van der Waals surface area contributed by atoms with Crippen LogP contribution in [0.3, 0.4) is 0 Å². The SMILES string of the molecule is CN(C)CCc1cn(C)c2ccc(C(C)(C)C)cc12. The van der Waals surface area contributed by atoms with E-state index in [0.717, 1.165) is 13.0 Å². The first-order valence-corrected chi connectivity index (χ1v) is 7.02. The van der Waals surface area contributed by atoms with Crippen molar-refractivity contribution >= 4 is 10.9 Å². The molecule has 0 saturated heterocycles. The first kappa shape index (κ1) is 14.1. The van der Waals surface area contributed by atoms with Gasteiger partial charge in [0.1, 0.15) is 0 Å². The zero-order valence-corrected chi connectivity index (χ0v) is 13.1. The normalized spacial score (nSPS) is 12.6. The average Bonchev–Trinajstić information content (AvgIpc) is 2.62. The molecule has 0 fully saturated rings. The van der Waals surface area contributed by atoms with Gasteiger partial charge in [-0.1, -0.05) is 26.8 Å². The van der Waals surface area contributed by atoms with Crippen LogP contribution in [0.2, 0.25) is 0 Å². The molecular formula is C17H26N2. The summed E-state index contributed by atoms with van der Waals surface area (Å²) in [7, 11) is 6.40. The molecule has 0 aliphatic heterocycles. The summed E-state index contributed by atoms with van der Waals surface area (Å²) in [6.07, 6.45) is 3.39. The molecule has 0 amide bonds. The van der Waals surface area contributed by atoms with Gasteiger partial charge in [0.25, 0.3) is 0 Å². The standard InChI is InChI=1S/C17H26N2/c1-17(2,3)14-7-8-16-15(11-14)13(12-19(16)6)9-10-18(4)5/h7-8,11-12H,9-10H2,1-6H3. The average molecular weight is 258 g/mol. The third kappa shape index (κ3) is 3.01. The Bertz CT molecular complexity index is 571. The van der Waals surface area contributed by atoms with E-state index in [2.05, 4.69) is 75.8 Å². The Kier molecular flexibility index (Phi) is 3.73. The molecule has 0 aliphatic carbocycles. The van der Waals surface area contributed by atoms with Crippen molar-refractivity contribution in [3.8, 4) is 0 Å². The molecule has 0 radical (unpaired) electrons. The zero-order valence-electron chi connectivity index (χ0n) is 13.1. The molecule has 2 heteroatoms. The third-order valence-corrected chi connectivity index (χ3v) is 3.77. The van der Waals surface area contributed by atoms with E-state index in [-0.39, 0.29) is 5.41 Å². The molecule has 0 saturated carbocycles. The van der Waals surface area contributed by atoms with E-state index < -0.39 is 0 Å². The van der Waals surface area contributed by atoms with E-state index in [0.29, 0.717) is 0 Å². The maximum Gasteiger partial charge on any atom is 0.0480 e. The van der Waals surface area contributed by atoms with Crippen LogP contribution in [-0.4, -0.2) is 30.1 Å². The number of rotatable bonds is 3. The number of aryl methyl sites for hydroxylation is 1. The summed E-state index contributed by atoms with van der Waals surface area (Å²) in [4.78, 5) is 2.24. The molecule has 2 nitrogen and oxygen atoms in total. The highest BCUT2D eigenvalue weighted by Gasteiger charge is 2.16. The van der Waals surface area contributed by atoms with Crippen molar-refractivity contribution in [3.63, 3.8) is 0 Å². The van der Waals surface area contributed by atoms with Crippen LogP contribution in [0.15, 0.2) is 24.4 Å². The molecule has 0 N–H and O–H groups in total. The Balaban J connectivity index is 2.46. The lowest BCUT2D eigenvalue weighted by Gasteiger charge is -2.19. The predicted molar refractivity (Wildman–Crippen MR) is 83.9 cm³/mol. The maximum atomic E-state index is 2.38. The monoisotopic (exact) mass is 258 g/mol. The molecular weight excluding hydrogens is 232 g/mol. The van der Waals surface area contributed by atoms with Gasteiger partial charge in [0.15, 0.2) is 0 Å². The van der Waals surface area contributed by atoms with Crippen molar-refractivity contribution < 1.29 is 0 Å². The molecule has 2 aromatic rings. The van der Waals surface area contributed by atoms with E-state index in [1.165, 1.54) is 22.0 Å². The highest BCUT2D eigenvalue weighted by Crippen LogP contribution is 2.28. The fraction of sp³-hybridized carbons (Fsp3) is 0.529. The second-order valence-electron chi connectivity index (χ2n) is 6.80. The van der Waals surface area contributed by atoms with Crippen molar-refractivity contribution in [1.29, 1.82) is 0 Å². The van der Waals surface area contributed by atoms with Crippen LogP contribution in [0.25, 0.3) is 10.9 Å². The number of benzene rings is 1. The lowest BCUT2D eigenvalue weighted by atomic mass is 9.86. The largest absolute Gasteiger partial charge is 0.350 e. The van der Waals surface area contributed by atoms with Gasteiger partial charge < -0.3 is 9.47 Å². The number of fused-ring (bicyclic) bond motifs is 1. The smallest absolute Gasteiger partial charge is 0.0480 e. The number of hydrogen-bond donors (Lipinski definition) is 0. The third-order valence-electron chi connectivity index (χ3n) is 3.77. The molecule has 19 heavy (non-hydrogen) atoms. The van der Waals surface area contributed by atoms with Crippen molar-refractivity contribution in [2.24, 2.45) is 7.05 Å². The summed E-state index contributed by atoms with van der Waals surface area (Å²) in [5, 5.41) is 1.41. The fourth-order valence-electron chi connectivity index (χ4n) is 2.48. The lowest BCUT2D eigenvalue weighted by molar-refractivity contribution is 0.414. The molecule has 0 unspecified atom stereocenters. The van der Waals surface area contributed by atoms with Crippen LogP contribution in [0.5, 0.6) is 0 Å². The minimum absolute atomic E-state index is 0.211. The van der Waals surface area contributed by atoms with Gasteiger partial charge in [0, 0.05) is 30.7 Å². The summed E-state index contributed by atoms with van der Waals surface area (Å²) in [5.41, 5.74) is 4.42. The molecule has 2 rings (SSSR count). The maximum absolute atomic E-state index is 2.38. The van der Waals surface area contributed by atoms with E-state index in [4.69, 9.17) is 0 Å². The van der Waals surface area contributed by atoms with Crippen LogP contribution in [0.4, 0.5) is 0 Å². The molecule has 104 valence electrons. The Hall–Kier alpha value is -1.28. The minimum atomic E-state index is 0.211. The first-order chi connectivity index (χ1) is 8.79. The van der Waals surface area contributed by atoms with Gasteiger partial charge in [-0.15, -0.1) is 0 Å². The van der Waals surface area contributed by atoms with Crippen LogP contribution in [0, 0.1) is 0 Å². The van der Waals surface area contributed by atoms with Gasteiger partial charge in [-0.3, -0.25) is 0 Å². The Morgan fingerprint density at radius 1 is 1.16 bits per heavy atom. The second kappa shape index (κ2) is 5.01. The second-order valence-corrected chi connectivity index (χ2v) is 6.80. The zero-order chi connectivity index (χ0) is 14.2. The van der Waals surface area contributed by atoms with Gasteiger partial charge in [-0.2, -0.15) is 0 Å². The molecule has 1 heterocycles. The predicted octanol–water partition coefficient (Wildman–Crippen LogP) is 3.58. The summed E-state index contributed by atoms with van der Waals surface area (Å²) >= 11 is 0. The van der Waals surface area contributed by atoms with Gasteiger partial charge in [0.05, 0.1) is 0 Å². The molecule has 0 bridgehead atoms. The van der Waals surface area contributed by atoms with Crippen molar-refractivity contribution in [2.75, 3.05) is 20.6 Å². The number of hydrogen-bond acceptors (Lipinski definition) is 1. The lowest BCUT2D eigenvalue weighted by Crippen LogP contribution is -2.15. The van der Waals surface area contributed by atoms with E-state index in [1.807, 2.05) is 0 Å². The topological polar surface area (TPSA) is 8.17 Å². The number of nitrogens with zero attached hydrogens (tertiary/aromatic N) is 2. The Morgan fingerprint density at radius 2 is 1.84 bits per heavy atom. The van der Waals surface area contributed by atoms with E-state index >= 15 is 0 Å². The number of aromatic nitrogens is 1. The van der Waals surface area contributed by atoms with Gasteiger partial charge in [-0.25, -0.2) is 0 Å². The van der Waals surface area contributed by atoms with Crippen LogP contribution in [-0.2, 0) is 18.9 Å². The Morgan fingerprint density at radius 3 is 2.42 bits per heavy atom. The highest BCUT2D eigenvalue weighted by molar-refractivity contribution is 5.85. The molecule has 1 aromatic carbocycles. The minimum Gasteiger partial charge on any atom is -0.350 e. The van der Waals surface area contributed by atoms with Crippen molar-refractivity contribution in [3.05, 3.63) is 35.5 Å². The quantitative estimate of drug-likeness (QED) is 0.817. The molecule has 1 aromatic heterocycles. The van der Waals surface area contributed by atoms with Crippen molar-refractivity contribution in [2.45, 2.75) is 32.6 Å². The van der Waals surface area contributed by atoms with Crippen LogP contribution in [0.1, 0.15) is 31.9 Å². The molecule has 0 atom stereocenters. The van der Waals surface area contributed by atoms with Gasteiger partial charge in [-0.05, 0) is 49.2 Å². The molecule has 0 spiro atoms. The van der Waals surface area contributed by atoms with E-state index in [1.54, 1.807) is 0 Å². The Labute approximate surface area is 117 Å².